The molecule has 0 bridgehead atoms. The van der Waals surface area contributed by atoms with Gasteiger partial charge in [-0.3, -0.25) is 9.80 Å². The highest BCUT2D eigenvalue weighted by molar-refractivity contribution is 4.72. The molecule has 13 heavy (non-hydrogen) atoms. The van der Waals surface area contributed by atoms with E-state index < -0.39 is 0 Å². The van der Waals surface area contributed by atoms with Gasteiger partial charge in [-0.1, -0.05) is 0 Å². The third-order valence-corrected chi connectivity index (χ3v) is 2.40. The first kappa shape index (κ1) is 10.9. The smallest absolute Gasteiger partial charge is 0.0639 e. The van der Waals surface area contributed by atoms with Crippen LogP contribution in [-0.2, 0) is 0 Å². The van der Waals surface area contributed by atoms with E-state index in [1.807, 2.05) is 6.92 Å². The molecule has 1 rings (SSSR count). The zero-order chi connectivity index (χ0) is 9.68. The highest BCUT2D eigenvalue weighted by atomic mass is 16.3. The van der Waals surface area contributed by atoms with Gasteiger partial charge in [0.1, 0.15) is 0 Å². The van der Waals surface area contributed by atoms with Crippen LogP contribution in [0.1, 0.15) is 6.92 Å². The van der Waals surface area contributed by atoms with Gasteiger partial charge in [-0.2, -0.15) is 0 Å². The van der Waals surface area contributed by atoms with Crippen LogP contribution in [0, 0.1) is 0 Å². The molecule has 4 heteroatoms. The van der Waals surface area contributed by atoms with Gasteiger partial charge >= 0.3 is 0 Å². The molecule has 0 aromatic heterocycles. The predicted molar refractivity (Wildman–Crippen MR) is 51.6 cm³/mol. The molecule has 4 nitrogen and oxygen atoms in total. The van der Waals surface area contributed by atoms with E-state index in [2.05, 4.69) is 9.80 Å². The molecule has 1 fully saturated rings. The fraction of sp³-hybridized carbons (Fsp3) is 1.00. The lowest BCUT2D eigenvalue weighted by Crippen LogP contribution is -2.48. The molecule has 0 aromatic rings. The molecule has 0 aliphatic carbocycles. The second kappa shape index (κ2) is 5.54. The fourth-order valence-electron chi connectivity index (χ4n) is 1.71. The van der Waals surface area contributed by atoms with Crippen molar-refractivity contribution in [1.82, 2.24) is 9.80 Å². The molecule has 78 valence electrons. The molecular weight excluding hydrogens is 168 g/mol. The largest absolute Gasteiger partial charge is 0.395 e. The molecule has 0 radical (unpaired) electrons. The minimum Gasteiger partial charge on any atom is -0.395 e. The minimum atomic E-state index is -0.232. The van der Waals surface area contributed by atoms with Crippen LogP contribution in [0.25, 0.3) is 0 Å². The lowest BCUT2D eigenvalue weighted by Gasteiger charge is -2.34. The van der Waals surface area contributed by atoms with Crippen molar-refractivity contribution >= 4 is 0 Å². The van der Waals surface area contributed by atoms with Crippen LogP contribution >= 0.6 is 0 Å². The Morgan fingerprint density at radius 1 is 1.15 bits per heavy atom. The van der Waals surface area contributed by atoms with E-state index in [1.54, 1.807) is 0 Å². The van der Waals surface area contributed by atoms with Crippen molar-refractivity contribution in [3.63, 3.8) is 0 Å². The number of aliphatic hydroxyl groups is 2. The second-order valence-electron chi connectivity index (χ2n) is 3.71. The standard InChI is InChI=1S/C9H20N2O2/c1-9(13)8-11-4-2-10(3-5-11)6-7-12/h9,12-13H,2-8H2,1H3. The number of rotatable bonds is 4. The molecule has 1 aliphatic heterocycles. The molecule has 1 saturated heterocycles. The monoisotopic (exact) mass is 188 g/mol. The number of hydrogen-bond donors (Lipinski definition) is 2. The molecular formula is C9H20N2O2. The second-order valence-corrected chi connectivity index (χ2v) is 3.71. The average Bonchev–Trinajstić information content (AvgIpc) is 2.08. The summed E-state index contributed by atoms with van der Waals surface area (Å²) in [6.45, 7) is 7.64. The van der Waals surface area contributed by atoms with Gasteiger partial charge in [-0.05, 0) is 6.92 Å². The van der Waals surface area contributed by atoms with Crippen LogP contribution in [0.4, 0.5) is 0 Å². The molecule has 0 spiro atoms. The summed E-state index contributed by atoms with van der Waals surface area (Å²) in [7, 11) is 0. The Bertz CT molecular complexity index is 134. The summed E-state index contributed by atoms with van der Waals surface area (Å²) < 4.78 is 0. The predicted octanol–water partition coefficient (Wildman–Crippen LogP) is -1.02. The Kier molecular flexibility index (Phi) is 4.66. The van der Waals surface area contributed by atoms with E-state index >= 15 is 0 Å². The molecule has 0 saturated carbocycles. The van der Waals surface area contributed by atoms with Gasteiger partial charge in [0, 0.05) is 39.3 Å². The summed E-state index contributed by atoms with van der Waals surface area (Å²) in [5, 5.41) is 17.9. The van der Waals surface area contributed by atoms with Crippen molar-refractivity contribution in [2.24, 2.45) is 0 Å². The number of aliphatic hydroxyl groups excluding tert-OH is 2. The fourth-order valence-corrected chi connectivity index (χ4v) is 1.71. The number of hydrogen-bond acceptors (Lipinski definition) is 4. The van der Waals surface area contributed by atoms with Crippen molar-refractivity contribution in [2.45, 2.75) is 13.0 Å². The summed E-state index contributed by atoms with van der Waals surface area (Å²) in [5.41, 5.74) is 0. The zero-order valence-electron chi connectivity index (χ0n) is 8.32. The van der Waals surface area contributed by atoms with Crippen LogP contribution in [0.15, 0.2) is 0 Å². The first-order chi connectivity index (χ1) is 6.22. The maximum atomic E-state index is 9.18. The number of nitrogens with zero attached hydrogens (tertiary/aromatic N) is 2. The Balaban J connectivity index is 2.15. The van der Waals surface area contributed by atoms with Crippen molar-refractivity contribution < 1.29 is 10.2 Å². The maximum Gasteiger partial charge on any atom is 0.0639 e. The first-order valence-corrected chi connectivity index (χ1v) is 4.96. The van der Waals surface area contributed by atoms with Gasteiger partial charge in [-0.15, -0.1) is 0 Å². The van der Waals surface area contributed by atoms with Gasteiger partial charge in [0.05, 0.1) is 12.7 Å². The number of piperazine rings is 1. The first-order valence-electron chi connectivity index (χ1n) is 4.96. The highest BCUT2D eigenvalue weighted by Crippen LogP contribution is 2.01. The van der Waals surface area contributed by atoms with E-state index in [0.29, 0.717) is 0 Å². The van der Waals surface area contributed by atoms with Gasteiger partial charge < -0.3 is 10.2 Å². The molecule has 1 atom stereocenters. The van der Waals surface area contributed by atoms with Crippen molar-refractivity contribution in [2.75, 3.05) is 45.9 Å². The highest BCUT2D eigenvalue weighted by Gasteiger charge is 2.16. The van der Waals surface area contributed by atoms with Crippen LogP contribution in [0.3, 0.4) is 0 Å². The minimum absolute atomic E-state index is 0.232. The summed E-state index contributed by atoms with van der Waals surface area (Å²) in [6, 6.07) is 0. The lowest BCUT2D eigenvalue weighted by atomic mass is 10.3. The summed E-state index contributed by atoms with van der Waals surface area (Å²) in [6.07, 6.45) is -0.232. The van der Waals surface area contributed by atoms with Crippen LogP contribution in [0.2, 0.25) is 0 Å². The molecule has 1 aliphatic rings. The van der Waals surface area contributed by atoms with Crippen molar-refractivity contribution in [3.05, 3.63) is 0 Å². The lowest BCUT2D eigenvalue weighted by molar-refractivity contribution is 0.0732. The topological polar surface area (TPSA) is 46.9 Å². The van der Waals surface area contributed by atoms with E-state index in [9.17, 15) is 5.11 Å². The Hall–Kier alpha value is -0.160. The number of β-amino-alcohol motifs (C(OH)–C–C–N with tert-alkyl or cyclic N) is 2. The van der Waals surface area contributed by atoms with Gasteiger partial charge in [-0.25, -0.2) is 0 Å². The van der Waals surface area contributed by atoms with Crippen LogP contribution in [0.5, 0.6) is 0 Å². The van der Waals surface area contributed by atoms with E-state index in [4.69, 9.17) is 5.11 Å². The Morgan fingerprint density at radius 3 is 2.15 bits per heavy atom. The van der Waals surface area contributed by atoms with E-state index in [0.717, 1.165) is 39.3 Å². The van der Waals surface area contributed by atoms with Crippen molar-refractivity contribution in [1.29, 1.82) is 0 Å². The molecule has 2 N–H and O–H groups in total. The summed E-state index contributed by atoms with van der Waals surface area (Å²) in [5.74, 6) is 0. The van der Waals surface area contributed by atoms with E-state index in [1.165, 1.54) is 0 Å². The normalized spacial score (nSPS) is 23.3. The van der Waals surface area contributed by atoms with Crippen molar-refractivity contribution in [3.8, 4) is 0 Å². The quantitative estimate of drug-likeness (QED) is 0.593. The Labute approximate surface area is 79.8 Å². The zero-order valence-corrected chi connectivity index (χ0v) is 8.32. The van der Waals surface area contributed by atoms with Gasteiger partial charge in [0.25, 0.3) is 0 Å². The summed E-state index contributed by atoms with van der Waals surface area (Å²) in [4.78, 5) is 4.51. The third-order valence-electron chi connectivity index (χ3n) is 2.40. The maximum absolute atomic E-state index is 9.18. The van der Waals surface area contributed by atoms with E-state index in [-0.39, 0.29) is 12.7 Å². The average molecular weight is 188 g/mol. The third kappa shape index (κ3) is 4.04. The van der Waals surface area contributed by atoms with Gasteiger partial charge in [0.2, 0.25) is 0 Å². The molecule has 1 heterocycles. The molecule has 0 aromatic carbocycles. The van der Waals surface area contributed by atoms with Gasteiger partial charge in [0.15, 0.2) is 0 Å². The summed E-state index contributed by atoms with van der Waals surface area (Å²) >= 11 is 0. The SMILES string of the molecule is CC(O)CN1CCN(CCO)CC1. The molecule has 0 amide bonds. The van der Waals surface area contributed by atoms with Crippen LogP contribution in [-0.4, -0.2) is 72.0 Å². The Morgan fingerprint density at radius 2 is 1.69 bits per heavy atom. The molecule has 1 unspecified atom stereocenters. The van der Waals surface area contributed by atoms with Crippen LogP contribution < -0.4 is 0 Å².